The van der Waals surface area contributed by atoms with Crippen LogP contribution in [-0.4, -0.2) is 15.5 Å². The van der Waals surface area contributed by atoms with Crippen molar-refractivity contribution < 1.29 is 9.18 Å². The number of anilines is 1. The van der Waals surface area contributed by atoms with Gasteiger partial charge in [0.25, 0.3) is 0 Å². The van der Waals surface area contributed by atoms with Gasteiger partial charge in [0.15, 0.2) is 0 Å². The number of amides is 1. The van der Waals surface area contributed by atoms with Crippen molar-refractivity contribution >= 4 is 39.1 Å². The van der Waals surface area contributed by atoms with Crippen molar-refractivity contribution in [3.05, 3.63) is 46.2 Å². The summed E-state index contributed by atoms with van der Waals surface area (Å²) >= 11 is 9.04. The second kappa shape index (κ2) is 6.16. The molecule has 2 rings (SSSR count). The van der Waals surface area contributed by atoms with E-state index in [1.165, 1.54) is 6.07 Å². The number of carbonyl (C=O) groups is 1. The molecule has 7 heteroatoms. The van der Waals surface area contributed by atoms with Crippen LogP contribution >= 0.6 is 27.5 Å². The normalized spacial score (nSPS) is 10.5. The molecule has 1 heterocycles. The highest BCUT2D eigenvalue weighted by molar-refractivity contribution is 9.10. The van der Waals surface area contributed by atoms with Crippen molar-refractivity contribution in [2.24, 2.45) is 0 Å². The smallest absolute Gasteiger partial charge is 0.226 e. The van der Waals surface area contributed by atoms with Gasteiger partial charge in [-0.3, -0.25) is 4.79 Å². The third-order valence-electron chi connectivity index (χ3n) is 2.43. The van der Waals surface area contributed by atoms with E-state index < -0.39 is 5.82 Å². The number of carbonyl (C=O) groups excluding carboxylic acids is 1. The maximum Gasteiger partial charge on any atom is 0.226 e. The minimum atomic E-state index is -0.465. The Hall–Kier alpha value is -1.40. The number of imidazole rings is 1. The fourth-order valence-electron chi connectivity index (χ4n) is 1.51. The lowest BCUT2D eigenvalue weighted by atomic mass is 10.3. The third-order valence-corrected chi connectivity index (χ3v) is 3.35. The monoisotopic (exact) mass is 345 g/mol. The zero-order chi connectivity index (χ0) is 13.8. The van der Waals surface area contributed by atoms with Crippen LogP contribution in [0.25, 0.3) is 0 Å². The largest absolute Gasteiger partial charge is 0.337 e. The van der Waals surface area contributed by atoms with Crippen LogP contribution in [0.2, 0.25) is 5.02 Å². The summed E-state index contributed by atoms with van der Waals surface area (Å²) in [6, 6.07) is 2.40. The fraction of sp³-hybridized carbons (Fsp3) is 0.167. The van der Waals surface area contributed by atoms with Crippen LogP contribution in [0, 0.1) is 5.82 Å². The first-order chi connectivity index (χ1) is 9.06. The Kier molecular flexibility index (Phi) is 4.55. The highest BCUT2D eigenvalue weighted by Gasteiger charge is 2.11. The number of rotatable bonds is 4. The number of hydrogen-bond acceptors (Lipinski definition) is 2. The Morgan fingerprint density at radius 3 is 2.95 bits per heavy atom. The topological polar surface area (TPSA) is 46.9 Å². The van der Waals surface area contributed by atoms with E-state index in [9.17, 15) is 9.18 Å². The van der Waals surface area contributed by atoms with Gasteiger partial charge in [-0.1, -0.05) is 11.6 Å². The SMILES string of the molecule is O=C(CCn1ccnc1)Nc1c(Cl)cc(F)cc1Br. The van der Waals surface area contributed by atoms with E-state index in [1.54, 1.807) is 23.3 Å². The zero-order valence-corrected chi connectivity index (χ0v) is 12.1. The lowest BCUT2D eigenvalue weighted by Crippen LogP contribution is -2.14. The molecular weight excluding hydrogens is 337 g/mol. The predicted octanol–water partition coefficient (Wildman–Crippen LogP) is 3.47. The van der Waals surface area contributed by atoms with Crippen LogP contribution in [0.4, 0.5) is 10.1 Å². The molecule has 2 aromatic rings. The minimum absolute atomic E-state index is 0.155. The first-order valence-electron chi connectivity index (χ1n) is 5.46. The molecule has 1 N–H and O–H groups in total. The van der Waals surface area contributed by atoms with E-state index in [0.717, 1.165) is 6.07 Å². The molecule has 0 saturated carbocycles. The van der Waals surface area contributed by atoms with Gasteiger partial charge in [0.1, 0.15) is 5.82 Å². The molecular formula is C12H10BrClFN3O. The molecule has 0 aliphatic heterocycles. The van der Waals surface area contributed by atoms with Gasteiger partial charge in [-0.2, -0.15) is 0 Å². The van der Waals surface area contributed by atoms with E-state index in [2.05, 4.69) is 26.2 Å². The Bertz CT molecular complexity index is 566. The molecule has 0 unspecified atom stereocenters. The molecule has 0 aliphatic rings. The number of nitrogens with one attached hydrogen (secondary N) is 1. The highest BCUT2D eigenvalue weighted by Crippen LogP contribution is 2.31. The summed E-state index contributed by atoms with van der Waals surface area (Å²) in [5.74, 6) is -0.670. The van der Waals surface area contributed by atoms with Gasteiger partial charge in [-0.15, -0.1) is 0 Å². The quantitative estimate of drug-likeness (QED) is 0.921. The van der Waals surface area contributed by atoms with Gasteiger partial charge in [-0.25, -0.2) is 9.37 Å². The lowest BCUT2D eigenvalue weighted by molar-refractivity contribution is -0.116. The van der Waals surface area contributed by atoms with Crippen LogP contribution in [0.1, 0.15) is 6.42 Å². The summed E-state index contributed by atoms with van der Waals surface area (Å²) in [5, 5.41) is 2.81. The molecule has 0 bridgehead atoms. The maximum absolute atomic E-state index is 13.0. The van der Waals surface area contributed by atoms with Crippen LogP contribution < -0.4 is 5.32 Å². The third kappa shape index (κ3) is 3.78. The minimum Gasteiger partial charge on any atom is -0.337 e. The van der Waals surface area contributed by atoms with Gasteiger partial charge in [0, 0.05) is 29.8 Å². The van der Waals surface area contributed by atoms with Crippen molar-refractivity contribution in [2.45, 2.75) is 13.0 Å². The summed E-state index contributed by atoms with van der Waals surface area (Å²) in [7, 11) is 0. The molecule has 0 saturated heterocycles. The Balaban J connectivity index is 1.99. The summed E-state index contributed by atoms with van der Waals surface area (Å²) in [5.41, 5.74) is 0.374. The van der Waals surface area contributed by atoms with Crippen molar-refractivity contribution in [1.29, 1.82) is 0 Å². The van der Waals surface area contributed by atoms with Crippen molar-refractivity contribution in [1.82, 2.24) is 9.55 Å². The standard InChI is InChI=1S/C12H10BrClFN3O/c13-9-5-8(15)6-10(14)12(9)17-11(19)1-3-18-4-2-16-7-18/h2,4-7H,1,3H2,(H,17,19). The van der Waals surface area contributed by atoms with Gasteiger partial charge in [0.2, 0.25) is 5.91 Å². The zero-order valence-electron chi connectivity index (χ0n) is 9.74. The average molecular weight is 347 g/mol. The summed E-state index contributed by atoms with van der Waals surface area (Å²) in [6.45, 7) is 0.516. The number of hydrogen-bond donors (Lipinski definition) is 1. The van der Waals surface area contributed by atoms with E-state index in [0.29, 0.717) is 16.7 Å². The van der Waals surface area contributed by atoms with Gasteiger partial charge in [0.05, 0.1) is 17.0 Å². The first kappa shape index (κ1) is 14.0. The number of benzene rings is 1. The predicted molar refractivity (Wildman–Crippen MR) is 74.6 cm³/mol. The van der Waals surface area contributed by atoms with Crippen molar-refractivity contribution in [2.75, 3.05) is 5.32 Å². The molecule has 19 heavy (non-hydrogen) atoms. The molecule has 4 nitrogen and oxygen atoms in total. The second-order valence-electron chi connectivity index (χ2n) is 3.84. The Morgan fingerprint density at radius 2 is 2.32 bits per heavy atom. The molecule has 0 aliphatic carbocycles. The van der Waals surface area contributed by atoms with E-state index in [1.807, 2.05) is 0 Å². The number of aryl methyl sites for hydroxylation is 1. The van der Waals surface area contributed by atoms with E-state index in [-0.39, 0.29) is 17.4 Å². The van der Waals surface area contributed by atoms with Crippen LogP contribution in [0.5, 0.6) is 0 Å². The van der Waals surface area contributed by atoms with Gasteiger partial charge < -0.3 is 9.88 Å². The molecule has 0 atom stereocenters. The summed E-state index contributed by atoms with van der Waals surface area (Å²) in [4.78, 5) is 15.7. The number of aromatic nitrogens is 2. The van der Waals surface area contributed by atoms with E-state index >= 15 is 0 Å². The van der Waals surface area contributed by atoms with E-state index in [4.69, 9.17) is 11.6 Å². The van der Waals surface area contributed by atoms with Crippen LogP contribution in [0.15, 0.2) is 35.3 Å². The average Bonchev–Trinajstić information content (AvgIpc) is 2.84. The molecule has 0 spiro atoms. The number of halogens is 3. The van der Waals surface area contributed by atoms with Crippen LogP contribution in [0.3, 0.4) is 0 Å². The fourth-order valence-corrected chi connectivity index (χ4v) is 2.41. The molecule has 0 fully saturated rings. The highest BCUT2D eigenvalue weighted by atomic mass is 79.9. The molecule has 100 valence electrons. The molecule has 0 radical (unpaired) electrons. The summed E-state index contributed by atoms with van der Waals surface area (Å²) in [6.07, 6.45) is 5.32. The Morgan fingerprint density at radius 1 is 1.53 bits per heavy atom. The maximum atomic E-state index is 13.0. The van der Waals surface area contributed by atoms with Gasteiger partial charge >= 0.3 is 0 Å². The number of nitrogens with zero attached hydrogens (tertiary/aromatic N) is 2. The first-order valence-corrected chi connectivity index (χ1v) is 6.63. The summed E-state index contributed by atoms with van der Waals surface area (Å²) < 4.78 is 15.2. The van der Waals surface area contributed by atoms with Crippen LogP contribution in [-0.2, 0) is 11.3 Å². The lowest BCUT2D eigenvalue weighted by Gasteiger charge is -2.10. The van der Waals surface area contributed by atoms with Crippen molar-refractivity contribution in [3.63, 3.8) is 0 Å². The molecule has 1 aromatic carbocycles. The Labute approximate surface area is 122 Å². The van der Waals surface area contributed by atoms with Gasteiger partial charge in [-0.05, 0) is 28.1 Å². The second-order valence-corrected chi connectivity index (χ2v) is 5.10. The van der Waals surface area contributed by atoms with Crippen molar-refractivity contribution in [3.8, 4) is 0 Å². The molecule has 1 aromatic heterocycles. The molecule has 1 amide bonds.